The van der Waals surface area contributed by atoms with Crippen molar-refractivity contribution in [2.45, 2.75) is 11.3 Å². The van der Waals surface area contributed by atoms with E-state index in [2.05, 4.69) is 24.3 Å². The van der Waals surface area contributed by atoms with E-state index < -0.39 is 11.3 Å². The van der Waals surface area contributed by atoms with E-state index in [9.17, 15) is 0 Å². The van der Waals surface area contributed by atoms with Crippen LogP contribution in [0, 0.1) is 0 Å². The molecule has 0 saturated heterocycles. The van der Waals surface area contributed by atoms with Crippen molar-refractivity contribution in [3.8, 4) is 22.3 Å². The van der Waals surface area contributed by atoms with Crippen LogP contribution in [0.2, 0.25) is 0 Å². The lowest BCUT2D eigenvalue weighted by molar-refractivity contribution is 0.570. The lowest BCUT2D eigenvalue weighted by Crippen LogP contribution is -2.49. The Morgan fingerprint density at radius 1 is 0.500 bits per heavy atom. The molecule has 2 aliphatic rings. The number of hydrogen-bond donors (Lipinski definition) is 4. The predicted octanol–water partition coefficient (Wildman–Crippen LogP) is 3.04. The lowest BCUT2D eigenvalue weighted by Gasteiger charge is -2.35. The van der Waals surface area contributed by atoms with Gasteiger partial charge in [0.05, 0.1) is 0 Å². The number of benzene rings is 4. The van der Waals surface area contributed by atoms with Gasteiger partial charge in [0.25, 0.3) is 0 Å². The SMILES string of the molecule is NC1(N)c2ccccc2-c2c1cc1c3c(cccc23)C(N)(N)c2ccccc2-1. The first-order valence-corrected chi connectivity index (χ1v) is 9.38. The second-order valence-corrected chi connectivity index (χ2v) is 7.90. The van der Waals surface area contributed by atoms with E-state index in [1.807, 2.05) is 48.5 Å². The summed E-state index contributed by atoms with van der Waals surface area (Å²) in [6.45, 7) is 0. The summed E-state index contributed by atoms with van der Waals surface area (Å²) in [5.41, 5.74) is 32.6. The standard InChI is InChI=1S/C24H20N4/c25-23(26)17-9-3-1-6-13(17)16-12-20-21(15-8-5-11-19(23)22(15)16)14-7-2-4-10-18(14)24(20,27)28/h1-12H,25-28H2. The highest BCUT2D eigenvalue weighted by molar-refractivity contribution is 6.12. The van der Waals surface area contributed by atoms with Crippen molar-refractivity contribution in [3.05, 3.63) is 95.1 Å². The Balaban J connectivity index is 1.87. The van der Waals surface area contributed by atoms with Crippen LogP contribution in [-0.4, -0.2) is 0 Å². The monoisotopic (exact) mass is 364 g/mol. The summed E-state index contributed by atoms with van der Waals surface area (Å²) in [6.07, 6.45) is 0. The smallest absolute Gasteiger partial charge is 0.118 e. The zero-order valence-electron chi connectivity index (χ0n) is 15.2. The summed E-state index contributed by atoms with van der Waals surface area (Å²) < 4.78 is 0. The van der Waals surface area contributed by atoms with Crippen LogP contribution in [0.1, 0.15) is 22.3 Å². The molecule has 136 valence electrons. The lowest BCUT2D eigenvalue weighted by atomic mass is 9.75. The van der Waals surface area contributed by atoms with Crippen molar-refractivity contribution in [2.24, 2.45) is 22.9 Å². The van der Waals surface area contributed by atoms with E-state index >= 15 is 0 Å². The minimum absolute atomic E-state index is 0.908. The number of nitrogens with two attached hydrogens (primary N) is 4. The zero-order chi connectivity index (χ0) is 19.3. The maximum absolute atomic E-state index is 6.68. The maximum Gasteiger partial charge on any atom is 0.118 e. The average Bonchev–Trinajstić information content (AvgIpc) is 2.94. The van der Waals surface area contributed by atoms with E-state index in [0.717, 1.165) is 55.3 Å². The van der Waals surface area contributed by atoms with E-state index in [4.69, 9.17) is 22.9 Å². The third-order valence-electron chi connectivity index (χ3n) is 6.36. The van der Waals surface area contributed by atoms with Gasteiger partial charge in [-0.3, -0.25) is 0 Å². The van der Waals surface area contributed by atoms with Gasteiger partial charge < -0.3 is 22.9 Å². The zero-order valence-corrected chi connectivity index (χ0v) is 15.2. The number of fused-ring (bicyclic) bond motifs is 6. The van der Waals surface area contributed by atoms with Crippen LogP contribution in [0.4, 0.5) is 0 Å². The molecule has 0 atom stereocenters. The van der Waals surface area contributed by atoms with Crippen molar-refractivity contribution in [3.63, 3.8) is 0 Å². The molecule has 0 saturated carbocycles. The Morgan fingerprint density at radius 3 is 1.82 bits per heavy atom. The molecule has 8 N–H and O–H groups in total. The van der Waals surface area contributed by atoms with Gasteiger partial charge in [-0.2, -0.15) is 0 Å². The highest BCUT2D eigenvalue weighted by atomic mass is 15.0. The Hall–Kier alpha value is -3.02. The molecule has 0 aliphatic heterocycles. The molecule has 0 spiro atoms. The van der Waals surface area contributed by atoms with Crippen LogP contribution in [0.5, 0.6) is 0 Å². The van der Waals surface area contributed by atoms with E-state index in [1.54, 1.807) is 0 Å². The number of hydrogen-bond acceptors (Lipinski definition) is 4. The summed E-state index contributed by atoms with van der Waals surface area (Å²) in [4.78, 5) is 0. The van der Waals surface area contributed by atoms with Gasteiger partial charge in [0.2, 0.25) is 0 Å². The largest absolute Gasteiger partial charge is 0.306 e. The molecule has 0 aromatic heterocycles. The fourth-order valence-corrected chi connectivity index (χ4v) is 5.09. The molecule has 0 unspecified atom stereocenters. The minimum atomic E-state index is -1.06. The van der Waals surface area contributed by atoms with Crippen LogP contribution in [0.3, 0.4) is 0 Å². The molecule has 4 heteroatoms. The average molecular weight is 364 g/mol. The van der Waals surface area contributed by atoms with E-state index in [0.29, 0.717) is 0 Å². The van der Waals surface area contributed by atoms with Crippen molar-refractivity contribution in [2.75, 3.05) is 0 Å². The Kier molecular flexibility index (Phi) is 2.78. The second kappa shape index (κ2) is 4.87. The van der Waals surface area contributed by atoms with Gasteiger partial charge in [-0.1, -0.05) is 66.7 Å². The third kappa shape index (κ3) is 1.69. The van der Waals surface area contributed by atoms with E-state index in [-0.39, 0.29) is 0 Å². The van der Waals surface area contributed by atoms with Gasteiger partial charge in [-0.05, 0) is 61.3 Å². The minimum Gasteiger partial charge on any atom is -0.306 e. The number of rotatable bonds is 0. The molecule has 28 heavy (non-hydrogen) atoms. The van der Waals surface area contributed by atoms with Gasteiger partial charge in [0.1, 0.15) is 11.3 Å². The van der Waals surface area contributed by atoms with Crippen LogP contribution in [0.25, 0.3) is 33.0 Å². The molecule has 0 radical (unpaired) electrons. The molecule has 4 aromatic carbocycles. The summed E-state index contributed by atoms with van der Waals surface area (Å²) >= 11 is 0. The predicted molar refractivity (Wildman–Crippen MR) is 113 cm³/mol. The fourth-order valence-electron chi connectivity index (χ4n) is 5.09. The first-order valence-electron chi connectivity index (χ1n) is 9.38. The Morgan fingerprint density at radius 2 is 1.07 bits per heavy atom. The van der Waals surface area contributed by atoms with Gasteiger partial charge in [0.15, 0.2) is 0 Å². The summed E-state index contributed by atoms with van der Waals surface area (Å²) in [5.74, 6) is 0. The highest BCUT2D eigenvalue weighted by Gasteiger charge is 2.41. The molecule has 4 nitrogen and oxygen atoms in total. The van der Waals surface area contributed by atoms with Gasteiger partial charge in [-0.25, -0.2) is 0 Å². The fraction of sp³-hybridized carbons (Fsp3) is 0.0833. The van der Waals surface area contributed by atoms with Crippen molar-refractivity contribution in [1.29, 1.82) is 0 Å². The molecule has 0 amide bonds. The van der Waals surface area contributed by atoms with Crippen molar-refractivity contribution in [1.82, 2.24) is 0 Å². The summed E-state index contributed by atoms with van der Waals surface area (Å²) in [7, 11) is 0. The summed E-state index contributed by atoms with van der Waals surface area (Å²) in [6, 6.07) is 24.4. The first kappa shape index (κ1) is 16.0. The van der Waals surface area contributed by atoms with Gasteiger partial charge in [-0.15, -0.1) is 0 Å². The molecule has 0 heterocycles. The molecule has 4 aromatic rings. The summed E-state index contributed by atoms with van der Waals surface area (Å²) in [5, 5.41) is 2.17. The second-order valence-electron chi connectivity index (χ2n) is 7.90. The molecule has 6 rings (SSSR count). The van der Waals surface area contributed by atoms with Crippen LogP contribution in [0.15, 0.2) is 72.8 Å². The molecule has 2 aliphatic carbocycles. The first-order chi connectivity index (χ1) is 13.4. The van der Waals surface area contributed by atoms with Crippen LogP contribution >= 0.6 is 0 Å². The Bertz CT molecular complexity index is 1320. The van der Waals surface area contributed by atoms with Crippen molar-refractivity contribution < 1.29 is 0 Å². The highest BCUT2D eigenvalue weighted by Crippen LogP contribution is 2.53. The molecule has 0 fully saturated rings. The Labute approximate surface area is 162 Å². The van der Waals surface area contributed by atoms with Crippen LogP contribution in [-0.2, 0) is 11.3 Å². The normalized spacial score (nSPS) is 17.1. The maximum atomic E-state index is 6.68. The molecular weight excluding hydrogens is 344 g/mol. The van der Waals surface area contributed by atoms with Crippen LogP contribution < -0.4 is 22.9 Å². The van der Waals surface area contributed by atoms with E-state index in [1.165, 1.54) is 0 Å². The van der Waals surface area contributed by atoms with Gasteiger partial charge >= 0.3 is 0 Å². The van der Waals surface area contributed by atoms with Gasteiger partial charge in [0, 0.05) is 0 Å². The quantitative estimate of drug-likeness (QED) is 0.360. The topological polar surface area (TPSA) is 104 Å². The molecular formula is C24H20N4. The molecule has 0 bridgehead atoms. The van der Waals surface area contributed by atoms with Crippen molar-refractivity contribution >= 4 is 10.8 Å². The third-order valence-corrected chi connectivity index (χ3v) is 6.36.